The van der Waals surface area contributed by atoms with Crippen LogP contribution in [0.2, 0.25) is 0 Å². The van der Waals surface area contributed by atoms with Crippen LogP contribution in [-0.4, -0.2) is 20.8 Å². The lowest BCUT2D eigenvalue weighted by Gasteiger charge is -2.26. The van der Waals surface area contributed by atoms with Gasteiger partial charge >= 0.3 is 0 Å². The Morgan fingerprint density at radius 1 is 1.16 bits per heavy atom. The first-order chi connectivity index (χ1) is 9.17. The lowest BCUT2D eigenvalue weighted by molar-refractivity contribution is 0.347. The van der Waals surface area contributed by atoms with Gasteiger partial charge in [-0.3, -0.25) is 0 Å². The zero-order chi connectivity index (χ0) is 14.3. The maximum atomic E-state index is 5.52. The summed E-state index contributed by atoms with van der Waals surface area (Å²) >= 11 is 0. The Labute approximate surface area is 117 Å². The van der Waals surface area contributed by atoms with E-state index in [2.05, 4.69) is 32.2 Å². The molecule has 1 rings (SSSR count). The third kappa shape index (κ3) is 4.13. The highest BCUT2D eigenvalue weighted by Crippen LogP contribution is 2.34. The second-order valence-corrected chi connectivity index (χ2v) is 4.93. The number of hydrogen-bond acceptors (Lipinski definition) is 3. The van der Waals surface area contributed by atoms with Gasteiger partial charge in [-0.05, 0) is 24.9 Å². The first kappa shape index (κ1) is 15.8. The Morgan fingerprint density at radius 3 is 2.42 bits per heavy atom. The molecule has 1 aromatic carbocycles. The molecule has 0 aliphatic heterocycles. The molecular weight excluding hydrogens is 238 g/mol. The summed E-state index contributed by atoms with van der Waals surface area (Å²) in [5.74, 6) is 2.29. The summed E-state index contributed by atoms with van der Waals surface area (Å²) in [6.45, 7) is 7.70. The zero-order valence-electron chi connectivity index (χ0n) is 12.8. The summed E-state index contributed by atoms with van der Waals surface area (Å²) in [4.78, 5) is 0. The molecule has 2 unspecified atom stereocenters. The van der Waals surface area contributed by atoms with Gasteiger partial charge in [-0.1, -0.05) is 33.3 Å². The van der Waals surface area contributed by atoms with Crippen LogP contribution in [0.5, 0.6) is 11.5 Å². The summed E-state index contributed by atoms with van der Waals surface area (Å²) in [5, 5.41) is 3.63. The van der Waals surface area contributed by atoms with Gasteiger partial charge in [-0.2, -0.15) is 0 Å². The topological polar surface area (TPSA) is 30.5 Å². The molecule has 2 atom stereocenters. The van der Waals surface area contributed by atoms with Gasteiger partial charge in [0.15, 0.2) is 0 Å². The van der Waals surface area contributed by atoms with E-state index in [9.17, 15) is 0 Å². The smallest absolute Gasteiger partial charge is 0.127 e. The summed E-state index contributed by atoms with van der Waals surface area (Å²) in [7, 11) is 3.39. The molecule has 0 spiro atoms. The molecule has 3 nitrogen and oxygen atoms in total. The molecule has 1 N–H and O–H groups in total. The van der Waals surface area contributed by atoms with Gasteiger partial charge in [0.1, 0.15) is 11.5 Å². The predicted molar refractivity (Wildman–Crippen MR) is 80.0 cm³/mol. The first-order valence-electron chi connectivity index (χ1n) is 7.13. The Balaban J connectivity index is 3.06. The summed E-state index contributed by atoms with van der Waals surface area (Å²) in [6, 6.07) is 6.39. The van der Waals surface area contributed by atoms with E-state index in [1.807, 2.05) is 12.1 Å². The van der Waals surface area contributed by atoms with Gasteiger partial charge in [0.25, 0.3) is 0 Å². The Hall–Kier alpha value is -1.22. The standard InChI is InChI=1S/C16H27NO2/c1-6-10-17-16(12(3)7-2)14-9-8-13(18-4)11-15(14)19-5/h8-9,11-12,16-17H,6-7,10H2,1-5H3. The molecule has 0 radical (unpaired) electrons. The normalized spacial score (nSPS) is 13.9. The van der Waals surface area contributed by atoms with Crippen molar-refractivity contribution in [1.82, 2.24) is 5.32 Å². The van der Waals surface area contributed by atoms with E-state index >= 15 is 0 Å². The molecule has 0 saturated heterocycles. The van der Waals surface area contributed by atoms with Crippen molar-refractivity contribution in [2.75, 3.05) is 20.8 Å². The maximum absolute atomic E-state index is 5.52. The quantitative estimate of drug-likeness (QED) is 0.775. The minimum Gasteiger partial charge on any atom is -0.497 e. The molecule has 0 aliphatic rings. The average molecular weight is 265 g/mol. The van der Waals surface area contributed by atoms with Crippen molar-refractivity contribution in [2.45, 2.75) is 39.7 Å². The second kappa shape index (κ2) is 8.05. The van der Waals surface area contributed by atoms with E-state index < -0.39 is 0 Å². The lowest BCUT2D eigenvalue weighted by Crippen LogP contribution is -2.27. The van der Waals surface area contributed by atoms with Crippen molar-refractivity contribution < 1.29 is 9.47 Å². The van der Waals surface area contributed by atoms with E-state index in [1.165, 1.54) is 5.56 Å². The van der Waals surface area contributed by atoms with Crippen LogP contribution >= 0.6 is 0 Å². The van der Waals surface area contributed by atoms with Crippen LogP contribution in [0.15, 0.2) is 18.2 Å². The van der Waals surface area contributed by atoms with Gasteiger partial charge in [-0.25, -0.2) is 0 Å². The highest BCUT2D eigenvalue weighted by atomic mass is 16.5. The van der Waals surface area contributed by atoms with Gasteiger partial charge < -0.3 is 14.8 Å². The fourth-order valence-electron chi connectivity index (χ4n) is 2.23. The molecule has 0 aromatic heterocycles. The fraction of sp³-hybridized carbons (Fsp3) is 0.625. The predicted octanol–water partition coefficient (Wildman–Crippen LogP) is 3.79. The maximum Gasteiger partial charge on any atom is 0.127 e. The molecule has 0 aliphatic carbocycles. The Bertz CT molecular complexity index is 379. The number of ether oxygens (including phenoxy) is 2. The Morgan fingerprint density at radius 2 is 1.89 bits per heavy atom. The number of benzene rings is 1. The molecule has 0 heterocycles. The molecule has 0 amide bonds. The van der Waals surface area contributed by atoms with Crippen LogP contribution in [0, 0.1) is 5.92 Å². The monoisotopic (exact) mass is 265 g/mol. The number of methoxy groups -OCH3 is 2. The van der Waals surface area contributed by atoms with E-state index in [0.29, 0.717) is 12.0 Å². The fourth-order valence-corrected chi connectivity index (χ4v) is 2.23. The highest BCUT2D eigenvalue weighted by Gasteiger charge is 2.21. The van der Waals surface area contributed by atoms with Gasteiger partial charge in [0.05, 0.1) is 14.2 Å². The van der Waals surface area contributed by atoms with Crippen LogP contribution in [0.3, 0.4) is 0 Å². The minimum atomic E-state index is 0.325. The molecule has 1 aromatic rings. The van der Waals surface area contributed by atoms with Crippen molar-refractivity contribution in [1.29, 1.82) is 0 Å². The molecule has 0 bridgehead atoms. The van der Waals surface area contributed by atoms with Crippen molar-refractivity contribution in [2.24, 2.45) is 5.92 Å². The molecule has 0 fully saturated rings. The molecule has 19 heavy (non-hydrogen) atoms. The molecule has 0 saturated carbocycles. The van der Waals surface area contributed by atoms with E-state index in [-0.39, 0.29) is 0 Å². The van der Waals surface area contributed by atoms with Crippen LogP contribution in [0.4, 0.5) is 0 Å². The van der Waals surface area contributed by atoms with Crippen LogP contribution < -0.4 is 14.8 Å². The lowest BCUT2D eigenvalue weighted by atomic mass is 9.91. The molecule has 108 valence electrons. The number of hydrogen-bond donors (Lipinski definition) is 1. The van der Waals surface area contributed by atoms with E-state index in [0.717, 1.165) is 30.9 Å². The molecular formula is C16H27NO2. The highest BCUT2D eigenvalue weighted by molar-refractivity contribution is 5.42. The third-order valence-electron chi connectivity index (χ3n) is 3.60. The number of nitrogens with one attached hydrogen (secondary N) is 1. The van der Waals surface area contributed by atoms with E-state index in [4.69, 9.17) is 9.47 Å². The zero-order valence-corrected chi connectivity index (χ0v) is 12.8. The largest absolute Gasteiger partial charge is 0.497 e. The van der Waals surface area contributed by atoms with Gasteiger partial charge in [-0.15, -0.1) is 0 Å². The van der Waals surface area contributed by atoms with Crippen molar-refractivity contribution in [3.63, 3.8) is 0 Å². The summed E-state index contributed by atoms with van der Waals surface area (Å²) in [5.41, 5.74) is 1.21. The van der Waals surface area contributed by atoms with Crippen LogP contribution in [0.1, 0.15) is 45.2 Å². The second-order valence-electron chi connectivity index (χ2n) is 4.93. The minimum absolute atomic E-state index is 0.325. The average Bonchev–Trinajstić information content (AvgIpc) is 2.47. The van der Waals surface area contributed by atoms with Crippen LogP contribution in [-0.2, 0) is 0 Å². The first-order valence-corrected chi connectivity index (χ1v) is 7.13. The van der Waals surface area contributed by atoms with Crippen LogP contribution in [0.25, 0.3) is 0 Å². The van der Waals surface area contributed by atoms with Crippen molar-refractivity contribution in [3.05, 3.63) is 23.8 Å². The third-order valence-corrected chi connectivity index (χ3v) is 3.60. The number of rotatable bonds is 8. The van der Waals surface area contributed by atoms with Gasteiger partial charge in [0.2, 0.25) is 0 Å². The Kier molecular flexibility index (Phi) is 6.71. The summed E-state index contributed by atoms with van der Waals surface area (Å²) in [6.07, 6.45) is 2.27. The summed E-state index contributed by atoms with van der Waals surface area (Å²) < 4.78 is 10.8. The van der Waals surface area contributed by atoms with Crippen molar-refractivity contribution in [3.8, 4) is 11.5 Å². The van der Waals surface area contributed by atoms with Gasteiger partial charge in [0, 0.05) is 17.7 Å². The van der Waals surface area contributed by atoms with Crippen molar-refractivity contribution >= 4 is 0 Å². The molecule has 3 heteroatoms. The van der Waals surface area contributed by atoms with E-state index in [1.54, 1.807) is 14.2 Å². The SMILES string of the molecule is CCCNC(c1ccc(OC)cc1OC)C(C)CC.